The van der Waals surface area contributed by atoms with Gasteiger partial charge in [-0.2, -0.15) is 0 Å². The molecule has 0 spiro atoms. The molecule has 0 aliphatic heterocycles. The highest BCUT2D eigenvalue weighted by molar-refractivity contribution is 6.27. The lowest BCUT2D eigenvalue weighted by Gasteiger charge is -2.27. The molecular formula is C13H26ClNO. The molecule has 0 bridgehead atoms. The van der Waals surface area contributed by atoms with Crippen molar-refractivity contribution in [2.24, 2.45) is 5.41 Å². The molecule has 0 radical (unpaired) electrons. The van der Waals surface area contributed by atoms with Crippen molar-refractivity contribution in [3.05, 3.63) is 0 Å². The van der Waals surface area contributed by atoms with Crippen molar-refractivity contribution in [1.29, 1.82) is 0 Å². The third kappa shape index (κ3) is 7.10. The van der Waals surface area contributed by atoms with E-state index in [0.29, 0.717) is 5.41 Å². The van der Waals surface area contributed by atoms with Gasteiger partial charge in [-0.25, -0.2) is 0 Å². The molecule has 0 N–H and O–H groups in total. The predicted octanol–water partition coefficient (Wildman–Crippen LogP) is 3.68. The lowest BCUT2D eigenvalue weighted by Crippen LogP contribution is -2.31. The first-order valence-corrected chi connectivity index (χ1v) is 6.76. The summed E-state index contributed by atoms with van der Waals surface area (Å²) in [6.45, 7) is 7.59. The Morgan fingerprint density at radius 2 is 1.88 bits per heavy atom. The average molecular weight is 248 g/mol. The van der Waals surface area contributed by atoms with Gasteiger partial charge >= 0.3 is 0 Å². The molecule has 2 nitrogen and oxygen atoms in total. The van der Waals surface area contributed by atoms with Gasteiger partial charge < -0.3 is 4.90 Å². The summed E-state index contributed by atoms with van der Waals surface area (Å²) in [5, 5.41) is 0. The molecule has 0 atom stereocenters. The number of carbonyl (C=O) groups is 1. The molecule has 0 saturated carbocycles. The number of amides is 1. The molecule has 0 heterocycles. The number of hydrogen-bond acceptors (Lipinski definition) is 1. The highest BCUT2D eigenvalue weighted by Gasteiger charge is 2.18. The van der Waals surface area contributed by atoms with Gasteiger partial charge in [-0.1, -0.05) is 40.0 Å². The van der Waals surface area contributed by atoms with E-state index in [1.165, 1.54) is 25.7 Å². The molecule has 0 unspecified atom stereocenters. The van der Waals surface area contributed by atoms with Gasteiger partial charge in [0.1, 0.15) is 5.88 Å². The molecule has 0 aliphatic carbocycles. The topological polar surface area (TPSA) is 20.3 Å². The fourth-order valence-electron chi connectivity index (χ4n) is 1.68. The molecule has 16 heavy (non-hydrogen) atoms. The van der Waals surface area contributed by atoms with E-state index in [0.717, 1.165) is 13.0 Å². The maximum absolute atomic E-state index is 11.3. The third-order valence-corrected chi connectivity index (χ3v) is 3.35. The zero-order valence-corrected chi connectivity index (χ0v) is 11.9. The van der Waals surface area contributed by atoms with E-state index in [2.05, 4.69) is 20.8 Å². The number of unbranched alkanes of at least 4 members (excludes halogenated alkanes) is 2. The number of hydrogen-bond donors (Lipinski definition) is 0. The second-order valence-electron chi connectivity index (χ2n) is 5.32. The van der Waals surface area contributed by atoms with Crippen molar-refractivity contribution in [1.82, 2.24) is 4.90 Å². The second kappa shape index (κ2) is 7.94. The Labute approximate surface area is 105 Å². The average Bonchev–Trinajstić information content (AvgIpc) is 2.25. The maximum Gasteiger partial charge on any atom is 0.237 e. The van der Waals surface area contributed by atoms with Gasteiger partial charge in [0.15, 0.2) is 0 Å². The predicted molar refractivity (Wildman–Crippen MR) is 70.9 cm³/mol. The number of alkyl halides is 1. The highest BCUT2D eigenvalue weighted by Crippen LogP contribution is 2.27. The van der Waals surface area contributed by atoms with Gasteiger partial charge in [0.25, 0.3) is 0 Å². The molecule has 0 saturated heterocycles. The van der Waals surface area contributed by atoms with E-state index in [4.69, 9.17) is 11.6 Å². The minimum absolute atomic E-state index is 0.0195. The number of carbonyl (C=O) groups excluding carboxylic acids is 1. The third-order valence-electron chi connectivity index (χ3n) is 3.12. The molecule has 0 aromatic heterocycles. The summed E-state index contributed by atoms with van der Waals surface area (Å²) in [6.07, 6.45) is 6.15. The van der Waals surface area contributed by atoms with Gasteiger partial charge in [-0.05, 0) is 18.3 Å². The maximum atomic E-state index is 11.3. The van der Waals surface area contributed by atoms with Crippen molar-refractivity contribution >= 4 is 17.5 Å². The summed E-state index contributed by atoms with van der Waals surface area (Å²) in [4.78, 5) is 13.0. The van der Waals surface area contributed by atoms with Crippen LogP contribution in [0.2, 0.25) is 0 Å². The van der Waals surface area contributed by atoms with E-state index in [1.54, 1.807) is 4.90 Å². The summed E-state index contributed by atoms with van der Waals surface area (Å²) >= 11 is 5.51. The Morgan fingerprint density at radius 1 is 1.25 bits per heavy atom. The second-order valence-corrected chi connectivity index (χ2v) is 5.59. The van der Waals surface area contributed by atoms with Crippen LogP contribution in [0.1, 0.15) is 52.9 Å². The Kier molecular flexibility index (Phi) is 7.82. The van der Waals surface area contributed by atoms with Crippen LogP contribution < -0.4 is 0 Å². The van der Waals surface area contributed by atoms with Crippen LogP contribution >= 0.6 is 11.6 Å². The smallest absolute Gasteiger partial charge is 0.237 e. The Balaban J connectivity index is 3.84. The fourth-order valence-corrected chi connectivity index (χ4v) is 1.88. The SMILES string of the molecule is CCCCCC(C)(C)CCN(C)C(=O)CCl. The van der Waals surface area contributed by atoms with Crippen LogP contribution in [0.25, 0.3) is 0 Å². The van der Waals surface area contributed by atoms with Gasteiger partial charge in [-0.15, -0.1) is 11.6 Å². The summed E-state index contributed by atoms with van der Waals surface area (Å²) in [6, 6.07) is 0. The van der Waals surface area contributed by atoms with E-state index >= 15 is 0 Å². The number of rotatable bonds is 8. The summed E-state index contributed by atoms with van der Waals surface area (Å²) in [5.74, 6) is 0.110. The van der Waals surface area contributed by atoms with Crippen LogP contribution in [-0.2, 0) is 4.79 Å². The van der Waals surface area contributed by atoms with Gasteiger partial charge in [0.2, 0.25) is 5.91 Å². The van der Waals surface area contributed by atoms with E-state index in [1.807, 2.05) is 7.05 Å². The van der Waals surface area contributed by atoms with Crippen LogP contribution in [0.5, 0.6) is 0 Å². The Morgan fingerprint density at radius 3 is 2.38 bits per heavy atom. The summed E-state index contributed by atoms with van der Waals surface area (Å²) in [7, 11) is 1.83. The molecule has 0 aliphatic rings. The zero-order valence-electron chi connectivity index (χ0n) is 11.2. The number of halogens is 1. The zero-order chi connectivity index (χ0) is 12.6. The van der Waals surface area contributed by atoms with Crippen molar-refractivity contribution in [2.45, 2.75) is 52.9 Å². The quantitative estimate of drug-likeness (QED) is 0.473. The van der Waals surface area contributed by atoms with Gasteiger partial charge in [0.05, 0.1) is 0 Å². The first-order chi connectivity index (χ1) is 7.43. The van der Waals surface area contributed by atoms with Crippen molar-refractivity contribution in [3.8, 4) is 0 Å². The van der Waals surface area contributed by atoms with E-state index in [-0.39, 0.29) is 11.8 Å². The van der Waals surface area contributed by atoms with Crippen LogP contribution in [-0.4, -0.2) is 30.3 Å². The first-order valence-electron chi connectivity index (χ1n) is 6.23. The fraction of sp³-hybridized carbons (Fsp3) is 0.923. The Bertz CT molecular complexity index is 204. The first kappa shape index (κ1) is 15.8. The lowest BCUT2D eigenvalue weighted by atomic mass is 9.83. The largest absolute Gasteiger partial charge is 0.345 e. The van der Waals surface area contributed by atoms with Gasteiger partial charge in [0, 0.05) is 13.6 Å². The normalized spacial score (nSPS) is 11.6. The number of nitrogens with zero attached hydrogens (tertiary/aromatic N) is 1. The van der Waals surface area contributed by atoms with Crippen LogP contribution in [0, 0.1) is 5.41 Å². The van der Waals surface area contributed by atoms with Crippen molar-refractivity contribution < 1.29 is 4.79 Å². The molecular weight excluding hydrogens is 222 g/mol. The monoisotopic (exact) mass is 247 g/mol. The summed E-state index contributed by atoms with van der Waals surface area (Å²) < 4.78 is 0. The highest BCUT2D eigenvalue weighted by atomic mass is 35.5. The molecule has 1 amide bonds. The molecule has 0 aromatic carbocycles. The van der Waals surface area contributed by atoms with Crippen molar-refractivity contribution in [2.75, 3.05) is 19.5 Å². The van der Waals surface area contributed by atoms with Crippen LogP contribution in [0.3, 0.4) is 0 Å². The lowest BCUT2D eigenvalue weighted by molar-refractivity contribution is -0.127. The van der Waals surface area contributed by atoms with Crippen LogP contribution in [0.4, 0.5) is 0 Å². The molecule has 0 rings (SSSR count). The minimum atomic E-state index is 0.0195. The molecule has 96 valence electrons. The van der Waals surface area contributed by atoms with E-state index < -0.39 is 0 Å². The standard InChI is InChI=1S/C13H26ClNO/c1-5-6-7-8-13(2,3)9-10-15(4)12(16)11-14/h5-11H2,1-4H3. The molecule has 0 fully saturated rings. The summed E-state index contributed by atoms with van der Waals surface area (Å²) in [5.41, 5.74) is 0.329. The minimum Gasteiger partial charge on any atom is -0.345 e. The Hall–Kier alpha value is -0.240. The molecule has 3 heteroatoms. The van der Waals surface area contributed by atoms with E-state index in [9.17, 15) is 4.79 Å². The van der Waals surface area contributed by atoms with Crippen LogP contribution in [0.15, 0.2) is 0 Å². The van der Waals surface area contributed by atoms with Gasteiger partial charge in [-0.3, -0.25) is 4.79 Å². The molecule has 0 aromatic rings. The van der Waals surface area contributed by atoms with Crippen molar-refractivity contribution in [3.63, 3.8) is 0 Å².